The molecule has 1 aliphatic heterocycles. The molecule has 32 heavy (non-hydrogen) atoms. The van der Waals surface area contributed by atoms with Crippen LogP contribution in [0.2, 0.25) is 0 Å². The standard InChI is InChI=1S/C24H27N3O4S/c1-16-3-5-18(6-4-16)14-26-24(29)21-15-25-22-8-7-19(13-20(22)23(21)28)32(30,31)27-11-9-17(2)10-12-27/h3-8,13,15,17H,9-12,14H2,1-2H3,(H,25,28)(H,26,29). The smallest absolute Gasteiger partial charge is 0.257 e. The molecule has 8 heteroatoms. The van der Waals surface area contributed by atoms with Crippen molar-refractivity contribution < 1.29 is 13.2 Å². The van der Waals surface area contributed by atoms with Gasteiger partial charge in [-0.3, -0.25) is 9.59 Å². The van der Waals surface area contributed by atoms with E-state index in [9.17, 15) is 18.0 Å². The molecular weight excluding hydrogens is 426 g/mol. The Labute approximate surface area is 187 Å². The number of piperidine rings is 1. The van der Waals surface area contributed by atoms with Gasteiger partial charge >= 0.3 is 0 Å². The summed E-state index contributed by atoms with van der Waals surface area (Å²) in [5.74, 6) is -0.00567. The Morgan fingerprint density at radius 3 is 2.50 bits per heavy atom. The number of sulfonamides is 1. The molecule has 1 amide bonds. The maximum absolute atomic E-state index is 13.1. The van der Waals surface area contributed by atoms with E-state index < -0.39 is 21.4 Å². The number of hydrogen-bond acceptors (Lipinski definition) is 4. The molecule has 1 saturated heterocycles. The molecule has 4 rings (SSSR count). The summed E-state index contributed by atoms with van der Waals surface area (Å²) >= 11 is 0. The molecule has 0 spiro atoms. The van der Waals surface area contributed by atoms with Crippen LogP contribution in [-0.2, 0) is 16.6 Å². The summed E-state index contributed by atoms with van der Waals surface area (Å²) in [5.41, 5.74) is 1.98. The zero-order chi connectivity index (χ0) is 22.9. The Balaban J connectivity index is 1.60. The fraction of sp³-hybridized carbons (Fsp3) is 0.333. The molecule has 0 unspecified atom stereocenters. The molecule has 2 heterocycles. The van der Waals surface area contributed by atoms with Gasteiger partial charge in [0.05, 0.1) is 4.90 Å². The van der Waals surface area contributed by atoms with Crippen LogP contribution < -0.4 is 10.7 Å². The van der Waals surface area contributed by atoms with Crippen molar-refractivity contribution in [3.8, 4) is 0 Å². The van der Waals surface area contributed by atoms with E-state index in [1.54, 1.807) is 6.07 Å². The summed E-state index contributed by atoms with van der Waals surface area (Å²) in [6.07, 6.45) is 3.01. The summed E-state index contributed by atoms with van der Waals surface area (Å²) in [7, 11) is -3.70. The third-order valence-corrected chi connectivity index (χ3v) is 7.95. The molecule has 0 bridgehead atoms. The molecule has 2 N–H and O–H groups in total. The SMILES string of the molecule is Cc1ccc(CNC(=O)c2c[nH]c3ccc(S(=O)(=O)N4CCC(C)CC4)cc3c2=O)cc1. The number of carbonyl (C=O) groups excluding carboxylic acids is 1. The van der Waals surface area contributed by atoms with Crippen molar-refractivity contribution in [2.24, 2.45) is 5.92 Å². The number of amides is 1. The molecule has 0 radical (unpaired) electrons. The normalized spacial score (nSPS) is 15.7. The van der Waals surface area contributed by atoms with E-state index >= 15 is 0 Å². The lowest BCUT2D eigenvalue weighted by Gasteiger charge is -2.29. The van der Waals surface area contributed by atoms with Gasteiger partial charge in [-0.25, -0.2) is 8.42 Å². The van der Waals surface area contributed by atoms with Crippen LogP contribution in [0.5, 0.6) is 0 Å². The van der Waals surface area contributed by atoms with E-state index in [0.29, 0.717) is 31.1 Å². The van der Waals surface area contributed by atoms with Crippen molar-refractivity contribution in [3.63, 3.8) is 0 Å². The number of benzene rings is 2. The Morgan fingerprint density at radius 2 is 1.81 bits per heavy atom. The van der Waals surface area contributed by atoms with Gasteiger partial charge in [0.2, 0.25) is 15.5 Å². The van der Waals surface area contributed by atoms with Gasteiger partial charge in [0, 0.05) is 36.7 Å². The number of pyridine rings is 1. The highest BCUT2D eigenvalue weighted by molar-refractivity contribution is 7.89. The Morgan fingerprint density at radius 1 is 1.12 bits per heavy atom. The summed E-state index contributed by atoms with van der Waals surface area (Å²) < 4.78 is 27.6. The first-order chi connectivity index (χ1) is 15.3. The molecule has 3 aromatic rings. The summed E-state index contributed by atoms with van der Waals surface area (Å²) in [4.78, 5) is 28.7. The van der Waals surface area contributed by atoms with Gasteiger partial charge in [0.1, 0.15) is 5.56 Å². The molecule has 1 fully saturated rings. The van der Waals surface area contributed by atoms with Crippen molar-refractivity contribution in [3.05, 3.63) is 75.6 Å². The average molecular weight is 454 g/mol. The number of H-pyrrole nitrogens is 1. The monoisotopic (exact) mass is 453 g/mol. The van der Waals surface area contributed by atoms with E-state index in [0.717, 1.165) is 24.0 Å². The molecule has 168 valence electrons. The third kappa shape index (κ3) is 4.47. The van der Waals surface area contributed by atoms with Gasteiger partial charge in [-0.1, -0.05) is 36.8 Å². The van der Waals surface area contributed by atoms with Gasteiger partial charge in [0.25, 0.3) is 5.91 Å². The van der Waals surface area contributed by atoms with Crippen LogP contribution in [-0.4, -0.2) is 36.7 Å². The second-order valence-corrected chi connectivity index (χ2v) is 10.4. The second-order valence-electron chi connectivity index (χ2n) is 8.49. The number of fused-ring (bicyclic) bond motifs is 1. The highest BCUT2D eigenvalue weighted by Gasteiger charge is 2.28. The largest absolute Gasteiger partial charge is 0.360 e. The van der Waals surface area contributed by atoms with Crippen molar-refractivity contribution >= 4 is 26.8 Å². The molecule has 0 atom stereocenters. The van der Waals surface area contributed by atoms with Crippen molar-refractivity contribution in [2.75, 3.05) is 13.1 Å². The number of nitrogens with zero attached hydrogens (tertiary/aromatic N) is 1. The molecule has 1 aromatic heterocycles. The minimum atomic E-state index is -3.70. The molecule has 7 nitrogen and oxygen atoms in total. The minimum absolute atomic E-state index is 0.0500. The summed E-state index contributed by atoms with van der Waals surface area (Å²) in [6, 6.07) is 12.2. The number of aromatic amines is 1. The van der Waals surface area contributed by atoms with Crippen molar-refractivity contribution in [1.82, 2.24) is 14.6 Å². The topological polar surface area (TPSA) is 99.3 Å². The zero-order valence-corrected chi connectivity index (χ0v) is 19.0. The first kappa shape index (κ1) is 22.2. The molecule has 2 aromatic carbocycles. The molecule has 1 aliphatic rings. The number of aromatic nitrogens is 1. The van der Waals surface area contributed by atoms with Crippen LogP contribution in [0, 0.1) is 12.8 Å². The predicted molar refractivity (Wildman–Crippen MR) is 124 cm³/mol. The van der Waals surface area contributed by atoms with Crippen LogP contribution in [0.4, 0.5) is 0 Å². The lowest BCUT2D eigenvalue weighted by Crippen LogP contribution is -2.37. The number of carbonyl (C=O) groups is 1. The van der Waals surface area contributed by atoms with E-state index in [1.165, 1.54) is 22.6 Å². The third-order valence-electron chi connectivity index (χ3n) is 6.05. The predicted octanol–water partition coefficient (Wildman–Crippen LogP) is 3.19. The number of aryl methyl sites for hydroxylation is 1. The first-order valence-corrected chi connectivity index (χ1v) is 12.2. The molecule has 0 saturated carbocycles. The van der Waals surface area contributed by atoms with Crippen LogP contribution in [0.3, 0.4) is 0 Å². The maximum atomic E-state index is 13.1. The zero-order valence-electron chi connectivity index (χ0n) is 18.2. The number of nitrogens with one attached hydrogen (secondary N) is 2. The van der Waals surface area contributed by atoms with E-state index in [-0.39, 0.29) is 15.8 Å². The number of hydrogen-bond donors (Lipinski definition) is 2. The van der Waals surface area contributed by atoms with Gasteiger partial charge in [-0.15, -0.1) is 0 Å². The lowest BCUT2D eigenvalue weighted by atomic mass is 10.0. The highest BCUT2D eigenvalue weighted by atomic mass is 32.2. The maximum Gasteiger partial charge on any atom is 0.257 e. The van der Waals surface area contributed by atoms with Crippen LogP contribution in [0.15, 0.2) is 58.4 Å². The Bertz CT molecular complexity index is 1310. The lowest BCUT2D eigenvalue weighted by molar-refractivity contribution is 0.0949. The van der Waals surface area contributed by atoms with E-state index in [1.807, 2.05) is 31.2 Å². The van der Waals surface area contributed by atoms with Gasteiger partial charge in [-0.05, 0) is 49.4 Å². The number of rotatable bonds is 5. The van der Waals surface area contributed by atoms with E-state index in [2.05, 4.69) is 17.2 Å². The van der Waals surface area contributed by atoms with Gasteiger partial charge < -0.3 is 10.3 Å². The second kappa shape index (κ2) is 8.88. The van der Waals surface area contributed by atoms with Gasteiger partial charge in [0.15, 0.2) is 0 Å². The average Bonchev–Trinajstić information content (AvgIpc) is 2.79. The highest BCUT2D eigenvalue weighted by Crippen LogP contribution is 2.25. The molecule has 0 aliphatic carbocycles. The Hall–Kier alpha value is -2.97. The minimum Gasteiger partial charge on any atom is -0.360 e. The summed E-state index contributed by atoms with van der Waals surface area (Å²) in [6.45, 7) is 5.33. The van der Waals surface area contributed by atoms with Crippen LogP contribution in [0.25, 0.3) is 10.9 Å². The Kier molecular flexibility index (Phi) is 6.17. The fourth-order valence-corrected chi connectivity index (χ4v) is 5.38. The van der Waals surface area contributed by atoms with Gasteiger partial charge in [-0.2, -0.15) is 4.31 Å². The molecular formula is C24H27N3O4S. The summed E-state index contributed by atoms with van der Waals surface area (Å²) in [5, 5.41) is 2.94. The van der Waals surface area contributed by atoms with Crippen molar-refractivity contribution in [1.29, 1.82) is 0 Å². The first-order valence-electron chi connectivity index (χ1n) is 10.7. The van der Waals surface area contributed by atoms with Crippen molar-refractivity contribution in [2.45, 2.75) is 38.1 Å². The fourth-order valence-electron chi connectivity index (χ4n) is 3.88. The van der Waals surface area contributed by atoms with Crippen LogP contribution >= 0.6 is 0 Å². The van der Waals surface area contributed by atoms with Crippen LogP contribution in [0.1, 0.15) is 41.3 Å². The van der Waals surface area contributed by atoms with E-state index in [4.69, 9.17) is 0 Å². The quantitative estimate of drug-likeness (QED) is 0.620.